The molecular weight excluding hydrogens is 330 g/mol. The predicted molar refractivity (Wildman–Crippen MR) is 95.9 cm³/mol. The summed E-state index contributed by atoms with van der Waals surface area (Å²) in [6, 6.07) is 7.14. The number of thioether (sulfide) groups is 1. The maximum absolute atomic E-state index is 11.9. The minimum absolute atomic E-state index is 0.0386. The van der Waals surface area contributed by atoms with Crippen molar-refractivity contribution in [2.75, 3.05) is 19.4 Å². The summed E-state index contributed by atoms with van der Waals surface area (Å²) in [4.78, 5) is 30.1. The van der Waals surface area contributed by atoms with Gasteiger partial charge in [0, 0.05) is 36.1 Å². The molecule has 5 nitrogen and oxygen atoms in total. The molecule has 0 fully saturated rings. The minimum atomic E-state index is -0.222. The van der Waals surface area contributed by atoms with Crippen LogP contribution in [0.4, 0.5) is 10.5 Å². The molecule has 0 aliphatic carbocycles. The zero-order valence-corrected chi connectivity index (χ0v) is 14.7. The number of carbonyl (C=O) groups is 2. The van der Waals surface area contributed by atoms with Crippen LogP contribution in [0.1, 0.15) is 10.7 Å². The maximum Gasteiger partial charge on any atom is 0.285 e. The van der Waals surface area contributed by atoms with Crippen molar-refractivity contribution < 1.29 is 9.59 Å². The van der Waals surface area contributed by atoms with Crippen LogP contribution >= 0.6 is 23.1 Å². The molecule has 0 aliphatic heterocycles. The highest BCUT2D eigenvalue weighted by molar-refractivity contribution is 8.13. The Hall–Kier alpha value is -2.12. The summed E-state index contributed by atoms with van der Waals surface area (Å²) in [6.07, 6.45) is 3.13. The first-order valence-corrected chi connectivity index (χ1v) is 8.54. The van der Waals surface area contributed by atoms with Crippen LogP contribution in [0.2, 0.25) is 0 Å². The fraction of sp³-hybridized carbons (Fsp3) is 0.188. The average Bonchev–Trinajstić information content (AvgIpc) is 2.92. The number of aromatic nitrogens is 1. The Bertz CT molecular complexity index is 721. The third-order valence-electron chi connectivity index (χ3n) is 2.73. The van der Waals surface area contributed by atoms with Crippen LogP contribution in [0.3, 0.4) is 0 Å². The highest BCUT2D eigenvalue weighted by atomic mass is 32.2. The van der Waals surface area contributed by atoms with E-state index in [1.54, 1.807) is 55.8 Å². The van der Waals surface area contributed by atoms with Crippen molar-refractivity contribution in [2.45, 2.75) is 11.8 Å². The molecule has 1 aromatic carbocycles. The number of benzene rings is 1. The Balaban J connectivity index is 1.91. The Morgan fingerprint density at radius 1 is 1.26 bits per heavy atom. The fourth-order valence-electron chi connectivity index (χ4n) is 1.60. The number of thiazole rings is 1. The number of aryl methyl sites for hydroxylation is 1. The molecule has 120 valence electrons. The Morgan fingerprint density at radius 2 is 1.96 bits per heavy atom. The number of nitrogens with zero attached hydrogens (tertiary/aromatic N) is 2. The van der Waals surface area contributed by atoms with E-state index >= 15 is 0 Å². The molecule has 0 unspecified atom stereocenters. The first kappa shape index (κ1) is 17.2. The monoisotopic (exact) mass is 347 g/mol. The zero-order valence-electron chi connectivity index (χ0n) is 13.1. The number of hydrogen-bond donors (Lipinski definition) is 1. The SMILES string of the molecule is Cc1nc(C=CC(=O)Nc2ccc(SC(=O)N(C)C)cc2)cs1. The van der Waals surface area contributed by atoms with Gasteiger partial charge in [0.25, 0.3) is 5.24 Å². The van der Waals surface area contributed by atoms with Gasteiger partial charge in [-0.15, -0.1) is 11.3 Å². The van der Waals surface area contributed by atoms with Crippen LogP contribution in [0.5, 0.6) is 0 Å². The second-order valence-electron chi connectivity index (χ2n) is 4.90. The molecule has 23 heavy (non-hydrogen) atoms. The molecule has 0 atom stereocenters. The molecular formula is C16H17N3O2S2. The van der Waals surface area contributed by atoms with Gasteiger partial charge in [0.15, 0.2) is 0 Å². The van der Waals surface area contributed by atoms with Gasteiger partial charge >= 0.3 is 0 Å². The van der Waals surface area contributed by atoms with Gasteiger partial charge in [-0.3, -0.25) is 9.59 Å². The van der Waals surface area contributed by atoms with Crippen LogP contribution in [0.25, 0.3) is 6.08 Å². The Morgan fingerprint density at radius 3 is 2.52 bits per heavy atom. The number of anilines is 1. The van der Waals surface area contributed by atoms with Crippen LogP contribution in [0, 0.1) is 6.92 Å². The molecule has 0 bridgehead atoms. The molecule has 1 aromatic heterocycles. The van der Waals surface area contributed by atoms with Gasteiger partial charge in [-0.2, -0.15) is 0 Å². The normalized spacial score (nSPS) is 10.7. The van der Waals surface area contributed by atoms with Crippen LogP contribution < -0.4 is 5.32 Å². The quantitative estimate of drug-likeness (QED) is 0.673. The summed E-state index contributed by atoms with van der Waals surface area (Å²) in [6.45, 7) is 1.92. The topological polar surface area (TPSA) is 62.3 Å². The lowest BCUT2D eigenvalue weighted by molar-refractivity contribution is -0.111. The van der Waals surface area contributed by atoms with Gasteiger partial charge in [0.05, 0.1) is 10.7 Å². The van der Waals surface area contributed by atoms with E-state index in [2.05, 4.69) is 10.3 Å². The first-order chi connectivity index (χ1) is 10.9. The standard InChI is InChI=1S/C16H17N3O2S2/c1-11-17-13(10-22-11)6-9-15(20)18-12-4-7-14(8-5-12)23-16(21)19(2)3/h4-10H,1-3H3,(H,18,20). The van der Waals surface area contributed by atoms with Gasteiger partial charge in [-0.1, -0.05) is 0 Å². The maximum atomic E-state index is 11.9. The van der Waals surface area contributed by atoms with Gasteiger partial charge in [-0.05, 0) is 49.0 Å². The van der Waals surface area contributed by atoms with Crippen LogP contribution in [0.15, 0.2) is 40.6 Å². The largest absolute Gasteiger partial charge is 0.339 e. The van der Waals surface area contributed by atoms with E-state index in [0.717, 1.165) is 27.4 Å². The Labute approximate surface area is 143 Å². The predicted octanol–water partition coefficient (Wildman–Crippen LogP) is 3.88. The van der Waals surface area contributed by atoms with E-state index in [9.17, 15) is 9.59 Å². The van der Waals surface area contributed by atoms with Crippen molar-refractivity contribution in [3.8, 4) is 0 Å². The third kappa shape index (κ3) is 5.54. The fourth-order valence-corrected chi connectivity index (χ4v) is 2.84. The molecule has 0 radical (unpaired) electrons. The van der Waals surface area contributed by atoms with E-state index in [-0.39, 0.29) is 11.1 Å². The van der Waals surface area contributed by atoms with Crippen molar-refractivity contribution in [3.05, 3.63) is 46.4 Å². The molecule has 0 saturated heterocycles. The van der Waals surface area contributed by atoms with Gasteiger partial charge in [0.1, 0.15) is 0 Å². The smallest absolute Gasteiger partial charge is 0.285 e. The van der Waals surface area contributed by atoms with E-state index in [4.69, 9.17) is 0 Å². The second kappa shape index (κ2) is 7.94. The number of amides is 2. The third-order valence-corrected chi connectivity index (χ3v) is 4.57. The van der Waals surface area contributed by atoms with Crippen molar-refractivity contribution in [3.63, 3.8) is 0 Å². The van der Waals surface area contributed by atoms with E-state index < -0.39 is 0 Å². The molecule has 2 amide bonds. The highest BCUT2D eigenvalue weighted by Crippen LogP contribution is 2.22. The second-order valence-corrected chi connectivity index (χ2v) is 6.99. The molecule has 2 aromatic rings. The summed E-state index contributed by atoms with van der Waals surface area (Å²) in [7, 11) is 3.42. The lowest BCUT2D eigenvalue weighted by Gasteiger charge is -2.09. The van der Waals surface area contributed by atoms with Crippen LogP contribution in [-0.2, 0) is 4.79 Å². The first-order valence-electron chi connectivity index (χ1n) is 6.84. The van der Waals surface area contributed by atoms with Gasteiger partial charge in [-0.25, -0.2) is 4.98 Å². The molecule has 0 aliphatic rings. The lowest BCUT2D eigenvalue weighted by atomic mass is 10.3. The van der Waals surface area contributed by atoms with Crippen LogP contribution in [-0.4, -0.2) is 35.1 Å². The molecule has 1 heterocycles. The molecule has 7 heteroatoms. The van der Waals surface area contributed by atoms with E-state index in [1.165, 1.54) is 11.0 Å². The summed E-state index contributed by atoms with van der Waals surface area (Å²) in [5.74, 6) is -0.222. The van der Waals surface area contributed by atoms with E-state index in [0.29, 0.717) is 5.69 Å². The summed E-state index contributed by atoms with van der Waals surface area (Å²) >= 11 is 2.68. The summed E-state index contributed by atoms with van der Waals surface area (Å²) in [5.41, 5.74) is 1.45. The molecule has 1 N–H and O–H groups in total. The number of nitrogens with one attached hydrogen (secondary N) is 1. The molecule has 2 rings (SSSR count). The number of carbonyl (C=O) groups excluding carboxylic acids is 2. The van der Waals surface area contributed by atoms with Crippen molar-refractivity contribution in [2.24, 2.45) is 0 Å². The molecule has 0 saturated carbocycles. The van der Waals surface area contributed by atoms with Crippen molar-refractivity contribution >= 4 is 46.0 Å². The number of hydrogen-bond acceptors (Lipinski definition) is 5. The summed E-state index contributed by atoms with van der Waals surface area (Å²) < 4.78 is 0. The summed E-state index contributed by atoms with van der Waals surface area (Å²) in [5, 5.41) is 5.59. The highest BCUT2D eigenvalue weighted by Gasteiger charge is 2.06. The van der Waals surface area contributed by atoms with Crippen molar-refractivity contribution in [1.82, 2.24) is 9.88 Å². The van der Waals surface area contributed by atoms with E-state index in [1.807, 2.05) is 12.3 Å². The minimum Gasteiger partial charge on any atom is -0.339 e. The number of rotatable bonds is 4. The van der Waals surface area contributed by atoms with Gasteiger partial charge < -0.3 is 10.2 Å². The van der Waals surface area contributed by atoms with Gasteiger partial charge in [0.2, 0.25) is 5.91 Å². The zero-order chi connectivity index (χ0) is 16.8. The van der Waals surface area contributed by atoms with Crippen molar-refractivity contribution in [1.29, 1.82) is 0 Å². The molecule has 0 spiro atoms. The lowest BCUT2D eigenvalue weighted by Crippen LogP contribution is -2.16. The average molecular weight is 347 g/mol. The Kier molecular flexibility index (Phi) is 5.95.